The quantitative estimate of drug-likeness (QED) is 0.451. The molecule has 0 bridgehead atoms. The van der Waals surface area contributed by atoms with E-state index in [9.17, 15) is 19.7 Å². The minimum absolute atomic E-state index is 0.0144. The smallest absolute Gasteiger partial charge is 0.275 e. The highest BCUT2D eigenvalue weighted by Crippen LogP contribution is 2.22. The van der Waals surface area contributed by atoms with Gasteiger partial charge in [-0.2, -0.15) is 0 Å². The first kappa shape index (κ1) is 24.4. The van der Waals surface area contributed by atoms with E-state index in [1.54, 1.807) is 37.4 Å². The van der Waals surface area contributed by atoms with Crippen molar-refractivity contribution in [2.75, 3.05) is 7.11 Å². The SMILES string of the molecule is COCc1ccc(C(=O)NCc2ccc(C(=O)NC3CCCCCCC3)cc2[N+](=O)[O-])cc1. The summed E-state index contributed by atoms with van der Waals surface area (Å²) in [5.74, 6) is -0.630. The fraction of sp³-hybridized carbons (Fsp3) is 0.440. The van der Waals surface area contributed by atoms with Gasteiger partial charge in [-0.15, -0.1) is 0 Å². The van der Waals surface area contributed by atoms with Crippen molar-refractivity contribution in [3.05, 3.63) is 74.8 Å². The van der Waals surface area contributed by atoms with E-state index in [0.717, 1.165) is 31.2 Å². The number of hydrogen-bond acceptors (Lipinski definition) is 5. The van der Waals surface area contributed by atoms with Gasteiger partial charge in [0.15, 0.2) is 0 Å². The Balaban J connectivity index is 1.64. The predicted molar refractivity (Wildman–Crippen MR) is 125 cm³/mol. The molecule has 1 aliphatic rings. The van der Waals surface area contributed by atoms with Crippen LogP contribution in [0.4, 0.5) is 5.69 Å². The molecule has 0 saturated heterocycles. The molecular formula is C25H31N3O5. The average molecular weight is 454 g/mol. The standard InChI is InChI=1S/C25H31N3O5/c1-33-17-18-9-11-19(12-10-18)24(29)26-16-21-14-13-20(15-23(21)28(31)32)25(30)27-22-7-5-3-2-4-6-8-22/h9-15,22H,2-8,16-17H2,1H3,(H,26,29)(H,27,30). The second-order valence-electron chi connectivity index (χ2n) is 8.43. The molecule has 2 aromatic carbocycles. The molecular weight excluding hydrogens is 422 g/mol. The third-order valence-electron chi connectivity index (χ3n) is 5.95. The van der Waals surface area contributed by atoms with Crippen molar-refractivity contribution in [3.8, 4) is 0 Å². The normalized spacial score (nSPS) is 14.7. The summed E-state index contributed by atoms with van der Waals surface area (Å²) in [5.41, 5.74) is 1.81. The molecule has 2 aromatic rings. The Bertz CT molecular complexity index is 967. The van der Waals surface area contributed by atoms with Crippen molar-refractivity contribution < 1.29 is 19.2 Å². The number of rotatable bonds is 8. The van der Waals surface area contributed by atoms with Crippen molar-refractivity contribution >= 4 is 17.5 Å². The number of carbonyl (C=O) groups is 2. The molecule has 176 valence electrons. The average Bonchev–Trinajstić information content (AvgIpc) is 2.79. The Hall–Kier alpha value is -3.26. The number of nitro groups is 1. The molecule has 1 aliphatic carbocycles. The van der Waals surface area contributed by atoms with Gasteiger partial charge in [0.1, 0.15) is 0 Å². The number of hydrogen-bond donors (Lipinski definition) is 2. The van der Waals surface area contributed by atoms with Gasteiger partial charge in [0.05, 0.1) is 11.5 Å². The fourth-order valence-electron chi connectivity index (χ4n) is 4.09. The maximum absolute atomic E-state index is 12.7. The van der Waals surface area contributed by atoms with Gasteiger partial charge in [-0.05, 0) is 42.7 Å². The fourth-order valence-corrected chi connectivity index (χ4v) is 4.09. The van der Waals surface area contributed by atoms with Gasteiger partial charge in [0, 0.05) is 42.5 Å². The highest BCUT2D eigenvalue weighted by molar-refractivity contribution is 5.95. The van der Waals surface area contributed by atoms with Crippen LogP contribution in [0.1, 0.15) is 76.8 Å². The van der Waals surface area contributed by atoms with E-state index in [4.69, 9.17) is 4.74 Å². The maximum atomic E-state index is 12.7. The summed E-state index contributed by atoms with van der Waals surface area (Å²) in [5, 5.41) is 17.4. The number of benzene rings is 2. The van der Waals surface area contributed by atoms with Crippen LogP contribution in [-0.4, -0.2) is 29.9 Å². The minimum atomic E-state index is -0.520. The van der Waals surface area contributed by atoms with Gasteiger partial charge in [0.2, 0.25) is 0 Å². The number of nitrogens with one attached hydrogen (secondary N) is 2. The molecule has 2 amide bonds. The summed E-state index contributed by atoms with van der Waals surface area (Å²) in [7, 11) is 1.60. The van der Waals surface area contributed by atoms with Crippen LogP contribution in [0.15, 0.2) is 42.5 Å². The van der Waals surface area contributed by atoms with Crippen LogP contribution in [0.5, 0.6) is 0 Å². The number of nitro benzene ring substituents is 1. The molecule has 0 unspecified atom stereocenters. The summed E-state index contributed by atoms with van der Waals surface area (Å²) in [6.45, 7) is 0.439. The van der Waals surface area contributed by atoms with Gasteiger partial charge < -0.3 is 15.4 Å². The number of ether oxygens (including phenoxy) is 1. The Morgan fingerprint density at radius 1 is 0.970 bits per heavy atom. The first-order valence-electron chi connectivity index (χ1n) is 11.4. The van der Waals surface area contributed by atoms with E-state index in [1.807, 2.05) is 0 Å². The lowest BCUT2D eigenvalue weighted by atomic mass is 9.96. The molecule has 8 heteroatoms. The van der Waals surface area contributed by atoms with Gasteiger partial charge in [-0.3, -0.25) is 19.7 Å². The molecule has 0 heterocycles. The Labute approximate surface area is 193 Å². The monoisotopic (exact) mass is 453 g/mol. The van der Waals surface area contributed by atoms with Crippen molar-refractivity contribution in [2.24, 2.45) is 0 Å². The number of nitrogens with zero attached hydrogens (tertiary/aromatic N) is 1. The van der Waals surface area contributed by atoms with Crippen molar-refractivity contribution in [1.29, 1.82) is 0 Å². The topological polar surface area (TPSA) is 111 Å². The van der Waals surface area contributed by atoms with E-state index in [-0.39, 0.29) is 35.7 Å². The first-order chi connectivity index (χ1) is 16.0. The Kier molecular flexibility index (Phi) is 8.95. The van der Waals surface area contributed by atoms with Crippen LogP contribution in [0, 0.1) is 10.1 Å². The lowest BCUT2D eigenvalue weighted by molar-refractivity contribution is -0.385. The van der Waals surface area contributed by atoms with Crippen LogP contribution >= 0.6 is 0 Å². The highest BCUT2D eigenvalue weighted by atomic mass is 16.6. The summed E-state index contributed by atoms with van der Waals surface area (Å²) >= 11 is 0. The molecule has 0 aromatic heterocycles. The summed E-state index contributed by atoms with van der Waals surface area (Å²) in [6, 6.07) is 11.5. The van der Waals surface area contributed by atoms with Gasteiger partial charge in [-0.25, -0.2) is 0 Å². The minimum Gasteiger partial charge on any atom is -0.380 e. The molecule has 0 spiro atoms. The van der Waals surface area contributed by atoms with Crippen LogP contribution in [-0.2, 0) is 17.9 Å². The van der Waals surface area contributed by atoms with E-state index >= 15 is 0 Å². The maximum Gasteiger partial charge on any atom is 0.275 e. The second-order valence-corrected chi connectivity index (χ2v) is 8.43. The summed E-state index contributed by atoms with van der Waals surface area (Å²) < 4.78 is 5.06. The number of carbonyl (C=O) groups excluding carboxylic acids is 2. The molecule has 2 N–H and O–H groups in total. The van der Waals surface area contributed by atoms with E-state index in [0.29, 0.717) is 17.7 Å². The van der Waals surface area contributed by atoms with E-state index in [2.05, 4.69) is 10.6 Å². The Morgan fingerprint density at radius 2 is 1.61 bits per heavy atom. The van der Waals surface area contributed by atoms with E-state index < -0.39 is 4.92 Å². The van der Waals surface area contributed by atoms with Crippen LogP contribution in [0.2, 0.25) is 0 Å². The zero-order chi connectivity index (χ0) is 23.6. The third kappa shape index (κ3) is 7.12. The predicted octanol–water partition coefficient (Wildman–Crippen LogP) is 4.51. The van der Waals surface area contributed by atoms with Gasteiger partial charge in [-0.1, -0.05) is 44.2 Å². The molecule has 1 saturated carbocycles. The lowest BCUT2D eigenvalue weighted by Gasteiger charge is -2.21. The third-order valence-corrected chi connectivity index (χ3v) is 5.95. The van der Waals surface area contributed by atoms with Crippen LogP contribution in [0.25, 0.3) is 0 Å². The summed E-state index contributed by atoms with van der Waals surface area (Å²) in [6.07, 6.45) is 7.63. The number of amides is 2. The lowest BCUT2D eigenvalue weighted by Crippen LogP contribution is -2.35. The zero-order valence-corrected chi connectivity index (χ0v) is 19.0. The molecule has 3 rings (SSSR count). The van der Waals surface area contributed by atoms with Crippen molar-refractivity contribution in [3.63, 3.8) is 0 Å². The highest BCUT2D eigenvalue weighted by Gasteiger charge is 2.20. The van der Waals surface area contributed by atoms with E-state index in [1.165, 1.54) is 31.4 Å². The molecule has 0 aliphatic heterocycles. The van der Waals surface area contributed by atoms with Gasteiger partial charge in [0.25, 0.3) is 17.5 Å². The van der Waals surface area contributed by atoms with Gasteiger partial charge >= 0.3 is 0 Å². The van der Waals surface area contributed by atoms with Crippen molar-refractivity contribution in [1.82, 2.24) is 10.6 Å². The molecule has 0 atom stereocenters. The molecule has 33 heavy (non-hydrogen) atoms. The van der Waals surface area contributed by atoms with Crippen LogP contribution in [0.3, 0.4) is 0 Å². The molecule has 0 radical (unpaired) electrons. The number of methoxy groups -OCH3 is 1. The van der Waals surface area contributed by atoms with Crippen molar-refractivity contribution in [2.45, 2.75) is 64.1 Å². The molecule has 1 fully saturated rings. The summed E-state index contributed by atoms with van der Waals surface area (Å²) in [4.78, 5) is 36.3. The second kappa shape index (κ2) is 12.1. The largest absolute Gasteiger partial charge is 0.380 e. The zero-order valence-electron chi connectivity index (χ0n) is 19.0. The van der Waals surface area contributed by atoms with Crippen LogP contribution < -0.4 is 10.6 Å². The first-order valence-corrected chi connectivity index (χ1v) is 11.4. The Morgan fingerprint density at radius 3 is 2.24 bits per heavy atom. The molecule has 8 nitrogen and oxygen atoms in total.